The van der Waals surface area contributed by atoms with Crippen LogP contribution in [0.4, 0.5) is 0 Å². The SMILES string of the molecule is CCNC(=NCCc1ccco1)NC1CCN(Cc2cc(OC)cc(OC)c2)C1.I. The van der Waals surface area contributed by atoms with E-state index >= 15 is 0 Å². The summed E-state index contributed by atoms with van der Waals surface area (Å²) in [5.41, 5.74) is 1.20. The molecule has 0 bridgehead atoms. The van der Waals surface area contributed by atoms with Crippen LogP contribution >= 0.6 is 24.0 Å². The Bertz CT molecular complexity index is 760. The lowest BCUT2D eigenvalue weighted by atomic mass is 10.2. The normalized spacial score (nSPS) is 16.8. The summed E-state index contributed by atoms with van der Waals surface area (Å²) in [6.45, 7) is 6.51. The van der Waals surface area contributed by atoms with Crippen molar-refractivity contribution in [3.05, 3.63) is 47.9 Å². The van der Waals surface area contributed by atoms with E-state index in [2.05, 4.69) is 39.6 Å². The molecule has 0 spiro atoms. The van der Waals surface area contributed by atoms with Gasteiger partial charge in [0.15, 0.2) is 5.96 Å². The van der Waals surface area contributed by atoms with Crippen LogP contribution in [0, 0.1) is 0 Å². The van der Waals surface area contributed by atoms with Gasteiger partial charge in [-0.1, -0.05) is 0 Å². The quantitative estimate of drug-likeness (QED) is 0.296. The first-order chi connectivity index (χ1) is 14.2. The molecule has 1 aliphatic heterocycles. The van der Waals surface area contributed by atoms with Gasteiger partial charge in [0.2, 0.25) is 0 Å². The van der Waals surface area contributed by atoms with Gasteiger partial charge in [-0.2, -0.15) is 0 Å². The molecule has 2 heterocycles. The zero-order valence-electron chi connectivity index (χ0n) is 18.0. The van der Waals surface area contributed by atoms with Gasteiger partial charge in [0, 0.05) is 51.3 Å². The number of nitrogens with zero attached hydrogens (tertiary/aromatic N) is 2. The van der Waals surface area contributed by atoms with Crippen molar-refractivity contribution in [1.82, 2.24) is 15.5 Å². The van der Waals surface area contributed by atoms with Crippen molar-refractivity contribution >= 4 is 29.9 Å². The van der Waals surface area contributed by atoms with Gasteiger partial charge in [-0.05, 0) is 43.2 Å². The van der Waals surface area contributed by atoms with Crippen LogP contribution in [0.2, 0.25) is 0 Å². The molecule has 2 aromatic rings. The fourth-order valence-corrected chi connectivity index (χ4v) is 3.56. The third-order valence-electron chi connectivity index (χ3n) is 4.98. The summed E-state index contributed by atoms with van der Waals surface area (Å²) in [7, 11) is 3.36. The summed E-state index contributed by atoms with van der Waals surface area (Å²) in [4.78, 5) is 7.13. The van der Waals surface area contributed by atoms with Gasteiger partial charge in [-0.25, -0.2) is 0 Å². The summed E-state index contributed by atoms with van der Waals surface area (Å²) < 4.78 is 16.1. The van der Waals surface area contributed by atoms with Crippen LogP contribution in [-0.4, -0.2) is 57.3 Å². The largest absolute Gasteiger partial charge is 0.497 e. The van der Waals surface area contributed by atoms with Crippen molar-refractivity contribution in [2.24, 2.45) is 4.99 Å². The van der Waals surface area contributed by atoms with Gasteiger partial charge < -0.3 is 24.5 Å². The molecule has 30 heavy (non-hydrogen) atoms. The Kier molecular flexibility index (Phi) is 10.3. The number of rotatable bonds is 9. The van der Waals surface area contributed by atoms with Gasteiger partial charge in [0.05, 0.1) is 20.5 Å². The molecule has 1 aromatic carbocycles. The van der Waals surface area contributed by atoms with E-state index in [1.807, 2.05) is 18.2 Å². The molecule has 1 saturated heterocycles. The van der Waals surface area contributed by atoms with Crippen LogP contribution in [0.25, 0.3) is 0 Å². The Morgan fingerprint density at radius 3 is 2.63 bits per heavy atom. The Hall–Kier alpha value is -1.94. The Labute approximate surface area is 196 Å². The number of hydrogen-bond donors (Lipinski definition) is 2. The van der Waals surface area contributed by atoms with Crippen molar-refractivity contribution in [3.8, 4) is 11.5 Å². The maximum absolute atomic E-state index is 5.39. The maximum atomic E-state index is 5.39. The number of ether oxygens (including phenoxy) is 2. The minimum atomic E-state index is 0. The lowest BCUT2D eigenvalue weighted by Crippen LogP contribution is -2.44. The number of guanidine groups is 1. The second-order valence-electron chi connectivity index (χ2n) is 7.18. The van der Waals surface area contributed by atoms with Gasteiger partial charge in [0.1, 0.15) is 17.3 Å². The van der Waals surface area contributed by atoms with E-state index in [1.165, 1.54) is 5.56 Å². The highest BCUT2D eigenvalue weighted by Crippen LogP contribution is 2.24. The molecule has 0 aliphatic carbocycles. The number of aliphatic imine (C=N–C) groups is 1. The smallest absolute Gasteiger partial charge is 0.191 e. The average molecular weight is 528 g/mol. The van der Waals surface area contributed by atoms with Crippen molar-refractivity contribution in [2.75, 3.05) is 40.4 Å². The molecule has 8 heteroatoms. The van der Waals surface area contributed by atoms with Gasteiger partial charge >= 0.3 is 0 Å². The first-order valence-corrected chi connectivity index (χ1v) is 10.2. The number of halogens is 1. The molecule has 0 radical (unpaired) electrons. The first kappa shape index (κ1) is 24.3. The molecule has 1 fully saturated rings. The topological polar surface area (TPSA) is 71.3 Å². The second kappa shape index (κ2) is 12.7. The lowest BCUT2D eigenvalue weighted by molar-refractivity contribution is 0.321. The molecular weight excluding hydrogens is 495 g/mol. The molecule has 166 valence electrons. The molecular formula is C22H33IN4O3. The van der Waals surface area contributed by atoms with Crippen molar-refractivity contribution < 1.29 is 13.9 Å². The van der Waals surface area contributed by atoms with Gasteiger partial charge in [-0.3, -0.25) is 9.89 Å². The highest BCUT2D eigenvalue weighted by molar-refractivity contribution is 14.0. The number of nitrogens with one attached hydrogen (secondary N) is 2. The maximum Gasteiger partial charge on any atom is 0.191 e. The Balaban J connectivity index is 0.00000320. The van der Waals surface area contributed by atoms with Crippen molar-refractivity contribution in [2.45, 2.75) is 32.4 Å². The van der Waals surface area contributed by atoms with E-state index in [9.17, 15) is 0 Å². The monoisotopic (exact) mass is 528 g/mol. The van der Waals surface area contributed by atoms with Crippen LogP contribution in [0.3, 0.4) is 0 Å². The zero-order chi connectivity index (χ0) is 20.5. The summed E-state index contributed by atoms with van der Waals surface area (Å²) in [5.74, 6) is 3.48. The Morgan fingerprint density at radius 2 is 2.00 bits per heavy atom. The fourth-order valence-electron chi connectivity index (χ4n) is 3.56. The third-order valence-corrected chi connectivity index (χ3v) is 4.98. The van der Waals surface area contributed by atoms with Crippen molar-refractivity contribution in [1.29, 1.82) is 0 Å². The van der Waals surface area contributed by atoms with E-state index in [-0.39, 0.29) is 24.0 Å². The molecule has 7 nitrogen and oxygen atoms in total. The lowest BCUT2D eigenvalue weighted by Gasteiger charge is -2.19. The number of benzene rings is 1. The van der Waals surface area contributed by atoms with E-state index in [0.717, 1.165) is 62.2 Å². The van der Waals surface area contributed by atoms with Gasteiger partial charge in [-0.15, -0.1) is 24.0 Å². The first-order valence-electron chi connectivity index (χ1n) is 10.2. The fraction of sp³-hybridized carbons (Fsp3) is 0.500. The molecule has 2 N–H and O–H groups in total. The predicted octanol–water partition coefficient (Wildman–Crippen LogP) is 3.29. The van der Waals surface area contributed by atoms with Gasteiger partial charge in [0.25, 0.3) is 0 Å². The second-order valence-corrected chi connectivity index (χ2v) is 7.18. The van der Waals surface area contributed by atoms with Crippen LogP contribution < -0.4 is 20.1 Å². The molecule has 1 aliphatic rings. The Morgan fingerprint density at radius 1 is 1.23 bits per heavy atom. The van der Waals surface area contributed by atoms with E-state index in [1.54, 1.807) is 20.5 Å². The summed E-state index contributed by atoms with van der Waals surface area (Å²) >= 11 is 0. The van der Waals surface area contributed by atoms with E-state index < -0.39 is 0 Å². The average Bonchev–Trinajstić information content (AvgIpc) is 3.40. The van der Waals surface area contributed by atoms with E-state index in [4.69, 9.17) is 13.9 Å². The summed E-state index contributed by atoms with van der Waals surface area (Å²) in [6.07, 6.45) is 3.59. The van der Waals surface area contributed by atoms with Crippen LogP contribution in [-0.2, 0) is 13.0 Å². The number of likely N-dealkylation sites (tertiary alicyclic amines) is 1. The number of furan rings is 1. The summed E-state index contributed by atoms with van der Waals surface area (Å²) in [6, 6.07) is 10.3. The van der Waals surface area contributed by atoms with Crippen LogP contribution in [0.5, 0.6) is 11.5 Å². The van der Waals surface area contributed by atoms with E-state index in [0.29, 0.717) is 12.6 Å². The molecule has 1 atom stereocenters. The molecule has 1 aromatic heterocycles. The highest BCUT2D eigenvalue weighted by atomic mass is 127. The third kappa shape index (κ3) is 7.39. The zero-order valence-corrected chi connectivity index (χ0v) is 20.3. The number of hydrogen-bond acceptors (Lipinski definition) is 5. The van der Waals surface area contributed by atoms with Crippen LogP contribution in [0.1, 0.15) is 24.7 Å². The molecule has 1 unspecified atom stereocenters. The molecule has 0 saturated carbocycles. The molecule has 3 rings (SSSR count). The number of methoxy groups -OCH3 is 2. The van der Waals surface area contributed by atoms with Crippen molar-refractivity contribution in [3.63, 3.8) is 0 Å². The predicted molar refractivity (Wildman–Crippen MR) is 130 cm³/mol. The molecule has 0 amide bonds. The van der Waals surface area contributed by atoms with Crippen LogP contribution in [0.15, 0.2) is 46.0 Å². The minimum Gasteiger partial charge on any atom is -0.497 e. The highest BCUT2D eigenvalue weighted by Gasteiger charge is 2.23. The minimum absolute atomic E-state index is 0. The standard InChI is InChI=1S/C22H32N4O3.HI/c1-4-23-22(24-9-7-19-6-5-11-29-19)25-18-8-10-26(16-18)15-17-12-20(27-2)14-21(13-17)28-3;/h5-6,11-14,18H,4,7-10,15-16H2,1-3H3,(H2,23,24,25);1H. The summed E-state index contributed by atoms with van der Waals surface area (Å²) in [5, 5.41) is 6.92.